The predicted octanol–water partition coefficient (Wildman–Crippen LogP) is 1.55. The molecule has 7 nitrogen and oxygen atoms in total. The highest BCUT2D eigenvalue weighted by molar-refractivity contribution is 14.0. The van der Waals surface area contributed by atoms with Gasteiger partial charge < -0.3 is 15.7 Å². The molecule has 0 radical (unpaired) electrons. The average molecular weight is 516 g/mol. The first kappa shape index (κ1) is 23.6. The molecule has 150 valence electrons. The third-order valence-electron chi connectivity index (χ3n) is 4.20. The van der Waals surface area contributed by atoms with Gasteiger partial charge in [-0.05, 0) is 38.1 Å². The molecule has 0 saturated carbocycles. The number of nitrogens with one attached hydrogen (secondary N) is 2. The minimum Gasteiger partial charge on any atom is -0.383 e. The fourth-order valence-corrected chi connectivity index (χ4v) is 4.86. The van der Waals surface area contributed by atoms with Gasteiger partial charge in [0, 0.05) is 30.6 Å². The maximum atomic E-state index is 11.8. The van der Waals surface area contributed by atoms with E-state index in [1.807, 2.05) is 24.4 Å². The van der Waals surface area contributed by atoms with E-state index in [9.17, 15) is 13.5 Å². The normalized spacial score (nSPS) is 21.1. The third kappa shape index (κ3) is 6.63. The summed E-state index contributed by atoms with van der Waals surface area (Å²) in [5.41, 5.74) is -1.03. The lowest BCUT2D eigenvalue weighted by Gasteiger charge is -2.24. The summed E-state index contributed by atoms with van der Waals surface area (Å²) in [5.74, 6) is 0.583. The second-order valence-electron chi connectivity index (χ2n) is 6.50. The molecule has 1 saturated heterocycles. The number of halogens is 1. The Labute approximate surface area is 177 Å². The first-order valence-electron chi connectivity index (χ1n) is 8.49. The minimum absolute atomic E-state index is 0. The first-order valence-corrected chi connectivity index (χ1v) is 11.2. The minimum atomic E-state index is -3.18. The quantitative estimate of drug-likeness (QED) is 0.291. The van der Waals surface area contributed by atoms with Gasteiger partial charge in [0.1, 0.15) is 5.60 Å². The lowest BCUT2D eigenvalue weighted by atomic mass is 10.1. The third-order valence-corrected chi connectivity index (χ3v) is 6.65. The second-order valence-corrected chi connectivity index (χ2v) is 9.38. The Morgan fingerprint density at radius 2 is 2.23 bits per heavy atom. The van der Waals surface area contributed by atoms with Gasteiger partial charge >= 0.3 is 0 Å². The molecule has 1 unspecified atom stereocenters. The molecule has 10 heteroatoms. The summed E-state index contributed by atoms with van der Waals surface area (Å²) < 4.78 is 25.2. The van der Waals surface area contributed by atoms with E-state index in [1.54, 1.807) is 11.2 Å². The van der Waals surface area contributed by atoms with Gasteiger partial charge in [0.25, 0.3) is 0 Å². The lowest BCUT2D eigenvalue weighted by Crippen LogP contribution is -2.46. The average Bonchev–Trinajstić information content (AvgIpc) is 3.20. The number of nitrogens with zero attached hydrogens (tertiary/aromatic N) is 2. The maximum absolute atomic E-state index is 11.8. The predicted molar refractivity (Wildman–Crippen MR) is 118 cm³/mol. The van der Waals surface area contributed by atoms with Crippen LogP contribution >= 0.6 is 35.3 Å². The molecule has 0 amide bonds. The standard InChI is InChI=1S/C16H28N4O3S2.HI/c1-4-17-15(19-12-16(2,21)14-8-6-10-24-14)18-11-13-7-5-9-20(13)25(3,22)23;/h6,8,10,13,21H,4-5,7,9,11-12H2,1-3H3,(H2,17,18,19);1H/t13-,16?;/m1./s1. The number of aliphatic hydroxyl groups is 1. The SMILES string of the molecule is CCNC(=NCC(C)(O)c1cccs1)NC[C@H]1CCCN1S(C)(=O)=O.I. The first-order chi connectivity index (χ1) is 11.7. The van der Waals surface area contributed by atoms with Crippen LogP contribution in [0.4, 0.5) is 0 Å². The molecule has 2 atom stereocenters. The van der Waals surface area contributed by atoms with Crippen molar-refractivity contribution in [1.29, 1.82) is 0 Å². The van der Waals surface area contributed by atoms with Gasteiger partial charge in [-0.1, -0.05) is 6.07 Å². The van der Waals surface area contributed by atoms with Crippen LogP contribution in [-0.2, 0) is 15.6 Å². The van der Waals surface area contributed by atoms with Gasteiger partial charge in [-0.3, -0.25) is 0 Å². The Morgan fingerprint density at radius 1 is 1.50 bits per heavy atom. The summed E-state index contributed by atoms with van der Waals surface area (Å²) in [6, 6.07) is 3.74. The van der Waals surface area contributed by atoms with Crippen molar-refractivity contribution >= 4 is 51.3 Å². The molecule has 3 N–H and O–H groups in total. The summed E-state index contributed by atoms with van der Waals surface area (Å²) in [6.45, 7) is 5.70. The molecule has 0 aromatic carbocycles. The van der Waals surface area contributed by atoms with Crippen molar-refractivity contribution in [2.75, 3.05) is 32.4 Å². The number of thiophene rings is 1. The van der Waals surface area contributed by atoms with E-state index in [4.69, 9.17) is 0 Å². The summed E-state index contributed by atoms with van der Waals surface area (Å²) >= 11 is 1.50. The second kappa shape index (κ2) is 10.2. The van der Waals surface area contributed by atoms with Crippen LogP contribution in [0.5, 0.6) is 0 Å². The largest absolute Gasteiger partial charge is 0.383 e. The highest BCUT2D eigenvalue weighted by Crippen LogP contribution is 2.25. The van der Waals surface area contributed by atoms with Crippen molar-refractivity contribution in [3.8, 4) is 0 Å². The van der Waals surface area contributed by atoms with E-state index in [-0.39, 0.29) is 36.6 Å². The summed E-state index contributed by atoms with van der Waals surface area (Å²) in [4.78, 5) is 5.34. The summed E-state index contributed by atoms with van der Waals surface area (Å²) in [6.07, 6.45) is 2.97. The topological polar surface area (TPSA) is 94.0 Å². The highest BCUT2D eigenvalue weighted by Gasteiger charge is 2.31. The van der Waals surface area contributed by atoms with Crippen molar-refractivity contribution in [3.05, 3.63) is 22.4 Å². The Bertz CT molecular complexity index is 678. The van der Waals surface area contributed by atoms with E-state index in [0.29, 0.717) is 25.6 Å². The molecule has 1 fully saturated rings. The van der Waals surface area contributed by atoms with Crippen LogP contribution in [0.3, 0.4) is 0 Å². The molecule has 1 aliphatic rings. The zero-order valence-electron chi connectivity index (χ0n) is 15.4. The molecule has 1 aromatic rings. The van der Waals surface area contributed by atoms with Crippen LogP contribution in [0.15, 0.2) is 22.5 Å². The number of sulfonamides is 1. The van der Waals surface area contributed by atoms with E-state index in [2.05, 4.69) is 15.6 Å². The van der Waals surface area contributed by atoms with Crippen molar-refractivity contribution in [2.45, 2.75) is 38.3 Å². The zero-order chi connectivity index (χ0) is 18.5. The Morgan fingerprint density at radius 3 is 2.81 bits per heavy atom. The van der Waals surface area contributed by atoms with Crippen LogP contribution in [-0.4, -0.2) is 62.3 Å². The number of aliphatic imine (C=N–C) groups is 1. The van der Waals surface area contributed by atoms with Gasteiger partial charge in [-0.2, -0.15) is 4.31 Å². The molecule has 0 aliphatic carbocycles. The molecular weight excluding hydrogens is 487 g/mol. The summed E-state index contributed by atoms with van der Waals surface area (Å²) in [5, 5.41) is 18.9. The Kier molecular flexibility index (Phi) is 9.27. The molecule has 1 aromatic heterocycles. The van der Waals surface area contributed by atoms with Gasteiger partial charge in [0.2, 0.25) is 10.0 Å². The van der Waals surface area contributed by atoms with Gasteiger partial charge in [0.15, 0.2) is 5.96 Å². The van der Waals surface area contributed by atoms with E-state index >= 15 is 0 Å². The number of hydrogen-bond acceptors (Lipinski definition) is 5. The lowest BCUT2D eigenvalue weighted by molar-refractivity contribution is 0.0711. The van der Waals surface area contributed by atoms with Crippen molar-refractivity contribution in [3.63, 3.8) is 0 Å². The number of rotatable bonds is 7. The molecule has 2 rings (SSSR count). The fraction of sp³-hybridized carbons (Fsp3) is 0.688. The molecule has 26 heavy (non-hydrogen) atoms. The monoisotopic (exact) mass is 516 g/mol. The van der Waals surface area contributed by atoms with E-state index in [1.165, 1.54) is 17.6 Å². The number of hydrogen-bond donors (Lipinski definition) is 3. The molecule has 2 heterocycles. The van der Waals surface area contributed by atoms with Crippen LogP contribution in [0, 0.1) is 0 Å². The van der Waals surface area contributed by atoms with Crippen LogP contribution in [0.2, 0.25) is 0 Å². The Balaban J connectivity index is 0.00000338. The van der Waals surface area contributed by atoms with Crippen LogP contribution in [0.1, 0.15) is 31.6 Å². The Hall–Kier alpha value is -0.430. The summed E-state index contributed by atoms with van der Waals surface area (Å²) in [7, 11) is -3.18. The van der Waals surface area contributed by atoms with E-state index < -0.39 is 15.6 Å². The fourth-order valence-electron chi connectivity index (χ4n) is 2.90. The molecule has 1 aliphatic heterocycles. The zero-order valence-corrected chi connectivity index (χ0v) is 19.4. The van der Waals surface area contributed by atoms with E-state index in [0.717, 1.165) is 17.7 Å². The van der Waals surface area contributed by atoms with Gasteiger partial charge in [-0.25, -0.2) is 13.4 Å². The smallest absolute Gasteiger partial charge is 0.211 e. The maximum Gasteiger partial charge on any atom is 0.211 e. The van der Waals surface area contributed by atoms with Crippen molar-refractivity contribution in [1.82, 2.24) is 14.9 Å². The van der Waals surface area contributed by atoms with Crippen molar-refractivity contribution in [2.24, 2.45) is 4.99 Å². The van der Waals surface area contributed by atoms with Gasteiger partial charge in [0.05, 0.1) is 12.8 Å². The number of guanidine groups is 1. The molecule has 0 bridgehead atoms. The highest BCUT2D eigenvalue weighted by atomic mass is 127. The molecule has 0 spiro atoms. The van der Waals surface area contributed by atoms with Crippen LogP contribution < -0.4 is 10.6 Å². The molecular formula is C16H29IN4O3S2. The van der Waals surface area contributed by atoms with Gasteiger partial charge in [-0.15, -0.1) is 35.3 Å². The van der Waals surface area contributed by atoms with Crippen LogP contribution in [0.25, 0.3) is 0 Å². The van der Waals surface area contributed by atoms with Crippen molar-refractivity contribution < 1.29 is 13.5 Å².